The van der Waals surface area contributed by atoms with Crippen molar-refractivity contribution in [3.05, 3.63) is 12.0 Å². The average molecular weight is 256 g/mol. The Morgan fingerprint density at radius 1 is 1.56 bits per heavy atom. The van der Waals surface area contributed by atoms with Crippen molar-refractivity contribution in [3.63, 3.8) is 0 Å². The number of aromatic nitrogens is 1. The van der Waals surface area contributed by atoms with Crippen molar-refractivity contribution >= 4 is 12.0 Å². The first-order valence-electron chi connectivity index (χ1n) is 6.02. The van der Waals surface area contributed by atoms with E-state index in [9.17, 15) is 4.79 Å². The van der Waals surface area contributed by atoms with Crippen molar-refractivity contribution in [1.29, 1.82) is 0 Å². The lowest BCUT2D eigenvalue weighted by atomic mass is 10.3. The highest BCUT2D eigenvalue weighted by Crippen LogP contribution is 2.17. The van der Waals surface area contributed by atoms with E-state index >= 15 is 0 Å². The van der Waals surface area contributed by atoms with Crippen LogP contribution < -0.4 is 4.90 Å². The van der Waals surface area contributed by atoms with Crippen LogP contribution in [0.15, 0.2) is 10.7 Å². The van der Waals surface area contributed by atoms with E-state index < -0.39 is 5.97 Å². The zero-order valence-electron chi connectivity index (χ0n) is 11.3. The van der Waals surface area contributed by atoms with Crippen LogP contribution in [0.2, 0.25) is 0 Å². The Morgan fingerprint density at radius 2 is 2.28 bits per heavy atom. The summed E-state index contributed by atoms with van der Waals surface area (Å²) in [7, 11) is 1.64. The van der Waals surface area contributed by atoms with Crippen LogP contribution in [0.5, 0.6) is 0 Å². The number of anilines is 1. The van der Waals surface area contributed by atoms with Crippen LogP contribution in [0.25, 0.3) is 0 Å². The summed E-state index contributed by atoms with van der Waals surface area (Å²) in [5.41, 5.74) is 0.190. The molecule has 0 N–H and O–H groups in total. The SMILES string of the molecule is CCOC(=O)c1coc(N(CC)C(C)COC)n1. The number of carbonyl (C=O) groups excluding carboxylic acids is 1. The molecule has 0 bridgehead atoms. The van der Waals surface area contributed by atoms with E-state index in [2.05, 4.69) is 4.98 Å². The van der Waals surface area contributed by atoms with E-state index in [0.717, 1.165) is 0 Å². The van der Waals surface area contributed by atoms with Crippen LogP contribution >= 0.6 is 0 Å². The quantitative estimate of drug-likeness (QED) is 0.692. The maximum Gasteiger partial charge on any atom is 0.360 e. The predicted octanol–water partition coefficient (Wildman–Crippen LogP) is 1.71. The van der Waals surface area contributed by atoms with E-state index in [1.165, 1.54) is 6.26 Å². The second-order valence-corrected chi connectivity index (χ2v) is 3.83. The van der Waals surface area contributed by atoms with Gasteiger partial charge in [-0.1, -0.05) is 0 Å². The van der Waals surface area contributed by atoms with Crippen molar-refractivity contribution in [2.75, 3.05) is 31.8 Å². The first-order chi connectivity index (χ1) is 8.63. The third kappa shape index (κ3) is 3.46. The van der Waals surface area contributed by atoms with Gasteiger partial charge in [0.2, 0.25) is 0 Å². The molecule has 18 heavy (non-hydrogen) atoms. The zero-order chi connectivity index (χ0) is 13.5. The number of likely N-dealkylation sites (N-methyl/N-ethyl adjacent to an activating group) is 1. The van der Waals surface area contributed by atoms with Gasteiger partial charge in [0.1, 0.15) is 6.26 Å². The molecule has 0 spiro atoms. The molecule has 1 aromatic heterocycles. The standard InChI is InChI=1S/C12H20N2O4/c1-5-14(9(3)7-16-4)12-13-10(8-18-12)11(15)17-6-2/h8-9H,5-7H2,1-4H3. The first kappa shape index (κ1) is 14.5. The van der Waals surface area contributed by atoms with E-state index in [0.29, 0.717) is 25.8 Å². The molecule has 0 fully saturated rings. The van der Waals surface area contributed by atoms with Crippen molar-refractivity contribution < 1.29 is 18.7 Å². The highest BCUT2D eigenvalue weighted by atomic mass is 16.5. The molecule has 102 valence electrons. The number of esters is 1. The van der Waals surface area contributed by atoms with Gasteiger partial charge in [0.15, 0.2) is 5.69 Å². The summed E-state index contributed by atoms with van der Waals surface area (Å²) in [6.45, 7) is 7.33. The minimum atomic E-state index is -0.469. The van der Waals surface area contributed by atoms with Crippen molar-refractivity contribution in [3.8, 4) is 0 Å². The van der Waals surface area contributed by atoms with E-state index in [1.54, 1.807) is 14.0 Å². The average Bonchev–Trinajstić information content (AvgIpc) is 2.80. The normalized spacial score (nSPS) is 12.2. The topological polar surface area (TPSA) is 64.8 Å². The second-order valence-electron chi connectivity index (χ2n) is 3.83. The molecule has 0 radical (unpaired) electrons. The van der Waals surface area contributed by atoms with Crippen molar-refractivity contribution in [2.24, 2.45) is 0 Å². The van der Waals surface area contributed by atoms with Gasteiger partial charge in [0.05, 0.1) is 19.3 Å². The van der Waals surface area contributed by atoms with Gasteiger partial charge in [-0.3, -0.25) is 0 Å². The molecule has 1 atom stereocenters. The van der Waals surface area contributed by atoms with Crippen LogP contribution in [-0.4, -0.2) is 43.9 Å². The molecule has 0 amide bonds. The lowest BCUT2D eigenvalue weighted by Crippen LogP contribution is -2.36. The monoisotopic (exact) mass is 256 g/mol. The van der Waals surface area contributed by atoms with Gasteiger partial charge in [-0.05, 0) is 20.8 Å². The Kier molecular flexibility index (Phi) is 5.64. The third-order valence-electron chi connectivity index (χ3n) is 2.50. The van der Waals surface area contributed by atoms with Crippen LogP contribution in [0, 0.1) is 0 Å². The molecule has 0 aliphatic rings. The molecule has 0 aromatic carbocycles. The van der Waals surface area contributed by atoms with Crippen molar-refractivity contribution in [1.82, 2.24) is 4.98 Å². The first-order valence-corrected chi connectivity index (χ1v) is 6.02. The minimum absolute atomic E-state index is 0.119. The van der Waals surface area contributed by atoms with Gasteiger partial charge in [-0.2, -0.15) is 4.98 Å². The molecular formula is C12H20N2O4. The lowest BCUT2D eigenvalue weighted by Gasteiger charge is -2.25. The smallest absolute Gasteiger partial charge is 0.360 e. The molecule has 0 aliphatic heterocycles. The molecule has 0 saturated carbocycles. The van der Waals surface area contributed by atoms with Gasteiger partial charge in [0.25, 0.3) is 6.01 Å². The summed E-state index contributed by atoms with van der Waals surface area (Å²) >= 11 is 0. The maximum atomic E-state index is 11.5. The Bertz CT molecular complexity index is 378. The summed E-state index contributed by atoms with van der Waals surface area (Å²) in [6.07, 6.45) is 1.31. The van der Waals surface area contributed by atoms with Gasteiger partial charge >= 0.3 is 5.97 Å². The van der Waals surface area contributed by atoms with E-state index in [1.807, 2.05) is 18.7 Å². The Labute approximate surface area is 107 Å². The highest BCUT2D eigenvalue weighted by molar-refractivity contribution is 5.87. The molecule has 1 unspecified atom stereocenters. The Hall–Kier alpha value is -1.56. The number of hydrogen-bond donors (Lipinski definition) is 0. The van der Waals surface area contributed by atoms with Gasteiger partial charge in [0, 0.05) is 13.7 Å². The third-order valence-corrected chi connectivity index (χ3v) is 2.50. The molecule has 0 aliphatic carbocycles. The maximum absolute atomic E-state index is 11.5. The summed E-state index contributed by atoms with van der Waals surface area (Å²) in [5.74, 6) is -0.469. The fourth-order valence-corrected chi connectivity index (χ4v) is 1.66. The van der Waals surface area contributed by atoms with E-state index in [-0.39, 0.29) is 11.7 Å². The molecule has 1 aromatic rings. The largest absolute Gasteiger partial charge is 0.461 e. The molecule has 1 rings (SSSR count). The predicted molar refractivity (Wildman–Crippen MR) is 66.8 cm³/mol. The lowest BCUT2D eigenvalue weighted by molar-refractivity contribution is 0.0519. The van der Waals surface area contributed by atoms with Crippen LogP contribution in [0.4, 0.5) is 6.01 Å². The molecule has 6 heteroatoms. The summed E-state index contributed by atoms with van der Waals surface area (Å²) in [4.78, 5) is 17.5. The minimum Gasteiger partial charge on any atom is -0.461 e. The number of hydrogen-bond acceptors (Lipinski definition) is 6. The number of ether oxygens (including phenoxy) is 2. The molecule has 0 saturated heterocycles. The van der Waals surface area contributed by atoms with Crippen molar-refractivity contribution in [2.45, 2.75) is 26.8 Å². The van der Waals surface area contributed by atoms with Crippen LogP contribution in [0.1, 0.15) is 31.3 Å². The van der Waals surface area contributed by atoms with Gasteiger partial charge in [-0.15, -0.1) is 0 Å². The highest BCUT2D eigenvalue weighted by Gasteiger charge is 2.20. The molecule has 6 nitrogen and oxygen atoms in total. The number of nitrogens with zero attached hydrogens (tertiary/aromatic N) is 2. The number of methoxy groups -OCH3 is 1. The molecular weight excluding hydrogens is 236 g/mol. The van der Waals surface area contributed by atoms with Gasteiger partial charge < -0.3 is 18.8 Å². The fraction of sp³-hybridized carbons (Fsp3) is 0.667. The number of carbonyl (C=O) groups is 1. The molecule has 1 heterocycles. The summed E-state index contributed by atoms with van der Waals surface area (Å²) in [6, 6.07) is 0.527. The Morgan fingerprint density at radius 3 is 2.83 bits per heavy atom. The zero-order valence-corrected chi connectivity index (χ0v) is 11.3. The van der Waals surface area contributed by atoms with E-state index in [4.69, 9.17) is 13.9 Å². The number of oxazole rings is 1. The second kappa shape index (κ2) is 7.00. The Balaban J connectivity index is 2.79. The summed E-state index contributed by atoms with van der Waals surface area (Å²) < 4.78 is 15.3. The number of rotatable bonds is 7. The fourth-order valence-electron chi connectivity index (χ4n) is 1.66. The summed E-state index contributed by atoms with van der Waals surface area (Å²) in [5, 5.41) is 0. The van der Waals surface area contributed by atoms with Crippen LogP contribution in [0.3, 0.4) is 0 Å². The van der Waals surface area contributed by atoms with Gasteiger partial charge in [-0.25, -0.2) is 4.79 Å². The van der Waals surface area contributed by atoms with Crippen LogP contribution in [-0.2, 0) is 9.47 Å².